The van der Waals surface area contributed by atoms with Crippen molar-refractivity contribution < 1.29 is 0 Å². The van der Waals surface area contributed by atoms with Crippen molar-refractivity contribution >= 4 is 25.2 Å². The molecular formula is C13H26P2S. The number of hydrogen-bond acceptors (Lipinski definition) is 1. The lowest BCUT2D eigenvalue weighted by Crippen LogP contribution is -1.99. The average molecular weight is 276 g/mol. The zero-order valence-corrected chi connectivity index (χ0v) is 13.6. The fourth-order valence-electron chi connectivity index (χ4n) is 3.02. The first-order chi connectivity index (χ1) is 7.76. The lowest BCUT2D eigenvalue weighted by molar-refractivity contribution is 0.726. The maximum absolute atomic E-state index is 2.53. The average Bonchev–Trinajstić information content (AvgIpc) is 2.87. The molecule has 0 amide bonds. The fourth-order valence-corrected chi connectivity index (χ4v) is 18.6. The summed E-state index contributed by atoms with van der Waals surface area (Å²) >= 11 is 2.52. The highest BCUT2D eigenvalue weighted by Gasteiger charge is 2.37. The first-order valence-electron chi connectivity index (χ1n) is 6.99. The van der Waals surface area contributed by atoms with E-state index in [1.54, 1.807) is 12.6 Å². The Hall–Kier alpha value is 1.21. The van der Waals surface area contributed by atoms with Crippen molar-refractivity contribution in [2.24, 2.45) is 0 Å². The Morgan fingerprint density at radius 3 is 2.50 bits per heavy atom. The van der Waals surface area contributed by atoms with Gasteiger partial charge in [-0.15, -0.1) is 11.0 Å². The summed E-state index contributed by atoms with van der Waals surface area (Å²) in [6.45, 7) is 7.35. The summed E-state index contributed by atoms with van der Waals surface area (Å²) in [6, 6.07) is 0. The third kappa shape index (κ3) is 2.96. The molecule has 0 N–H and O–H groups in total. The first-order valence-corrected chi connectivity index (χ1v) is 12.1. The van der Waals surface area contributed by atoms with Crippen molar-refractivity contribution in [3.63, 3.8) is 0 Å². The molecule has 2 saturated heterocycles. The van der Waals surface area contributed by atoms with E-state index in [1.807, 2.05) is 0 Å². The van der Waals surface area contributed by atoms with Crippen LogP contribution in [-0.2, 0) is 0 Å². The Labute approximate surface area is 108 Å². The lowest BCUT2D eigenvalue weighted by Gasteiger charge is -2.28. The molecule has 0 aromatic heterocycles. The Balaban J connectivity index is 1.92. The van der Waals surface area contributed by atoms with E-state index in [1.165, 1.54) is 32.1 Å². The maximum Gasteiger partial charge on any atom is -0.0114 e. The maximum atomic E-state index is 2.53. The minimum Gasteiger partial charge on any atom is -0.106 e. The number of rotatable bonds is 4. The summed E-state index contributed by atoms with van der Waals surface area (Å²) in [7, 11) is 0.699. The van der Waals surface area contributed by atoms with Crippen molar-refractivity contribution in [1.82, 2.24) is 0 Å². The summed E-state index contributed by atoms with van der Waals surface area (Å²) in [5, 5.41) is 0. The van der Waals surface area contributed by atoms with Crippen LogP contribution in [0, 0.1) is 0 Å². The van der Waals surface area contributed by atoms with Crippen LogP contribution in [0.4, 0.5) is 0 Å². The van der Waals surface area contributed by atoms with Gasteiger partial charge < -0.3 is 0 Å². The molecule has 2 unspecified atom stereocenters. The normalized spacial score (nSPS) is 44.1. The van der Waals surface area contributed by atoms with Gasteiger partial charge in [-0.05, 0) is 75.9 Å². The molecular weight excluding hydrogens is 250 g/mol. The lowest BCUT2D eigenvalue weighted by atomic mass is 10.2. The summed E-state index contributed by atoms with van der Waals surface area (Å²) in [4.78, 5) is 0. The van der Waals surface area contributed by atoms with E-state index >= 15 is 0 Å². The van der Waals surface area contributed by atoms with E-state index < -0.39 is 0 Å². The molecule has 3 heteroatoms. The van der Waals surface area contributed by atoms with Crippen LogP contribution in [0.25, 0.3) is 0 Å². The zero-order chi connectivity index (χ0) is 11.5. The van der Waals surface area contributed by atoms with Gasteiger partial charge in [-0.1, -0.05) is 20.8 Å². The van der Waals surface area contributed by atoms with Crippen molar-refractivity contribution in [3.05, 3.63) is 0 Å². The highest BCUT2D eigenvalue weighted by Crippen LogP contribution is 2.79. The largest absolute Gasteiger partial charge is 0.106 e. The van der Waals surface area contributed by atoms with Crippen LogP contribution in [0.5, 0.6) is 0 Å². The topological polar surface area (TPSA) is 0 Å². The van der Waals surface area contributed by atoms with Crippen molar-refractivity contribution in [2.45, 2.75) is 76.3 Å². The summed E-state index contributed by atoms with van der Waals surface area (Å²) in [5.74, 6) is 0. The van der Waals surface area contributed by atoms with E-state index in [0.29, 0.717) is 14.2 Å². The molecule has 0 aromatic carbocycles. The Morgan fingerprint density at radius 2 is 1.81 bits per heavy atom. The second kappa shape index (κ2) is 6.40. The Bertz CT molecular complexity index is 222. The molecule has 5 atom stereocenters. The zero-order valence-electron chi connectivity index (χ0n) is 11.0. The van der Waals surface area contributed by atoms with E-state index in [2.05, 4.69) is 31.8 Å². The number of hydrogen-bond donors (Lipinski definition) is 0. The molecule has 16 heavy (non-hydrogen) atoms. The second-order valence-electron chi connectivity index (χ2n) is 5.27. The van der Waals surface area contributed by atoms with E-state index in [9.17, 15) is 0 Å². The van der Waals surface area contributed by atoms with Crippen molar-refractivity contribution in [2.75, 3.05) is 6.16 Å². The first kappa shape index (κ1) is 13.6. The standard InChI is InChI=1S/C13H26P2S/c1-4-12-7-6-10-14(12)16-15-11(3)8-9-13(15)5-2/h11-13H,4-10H2,1-3H3/t11-,12-,13-,14?,15?/m1/s1. The van der Waals surface area contributed by atoms with Crippen LogP contribution >= 0.6 is 25.2 Å². The molecule has 2 heterocycles. The monoisotopic (exact) mass is 276 g/mol. The Morgan fingerprint density at radius 1 is 1.06 bits per heavy atom. The Kier molecular flexibility index (Phi) is 5.45. The van der Waals surface area contributed by atoms with Crippen LogP contribution in [0.2, 0.25) is 0 Å². The van der Waals surface area contributed by atoms with Crippen LogP contribution < -0.4 is 0 Å². The SMILES string of the molecule is CC[C@@H]1CCCP1SP1[C@H](CC)CC[C@H]1C. The third-order valence-corrected chi connectivity index (χ3v) is 17.4. The van der Waals surface area contributed by atoms with Gasteiger partial charge in [-0.25, -0.2) is 0 Å². The summed E-state index contributed by atoms with van der Waals surface area (Å²) in [6.07, 6.45) is 10.6. The molecule has 2 aliphatic rings. The molecule has 2 aliphatic heterocycles. The van der Waals surface area contributed by atoms with Gasteiger partial charge in [0.2, 0.25) is 0 Å². The second-order valence-corrected chi connectivity index (χ2v) is 14.4. The molecule has 94 valence electrons. The highest BCUT2D eigenvalue weighted by atomic mass is 33.1. The van der Waals surface area contributed by atoms with Crippen molar-refractivity contribution in [3.8, 4) is 0 Å². The van der Waals surface area contributed by atoms with Gasteiger partial charge in [0.15, 0.2) is 0 Å². The highest BCUT2D eigenvalue weighted by molar-refractivity contribution is 8.85. The van der Waals surface area contributed by atoms with Gasteiger partial charge in [0.05, 0.1) is 0 Å². The van der Waals surface area contributed by atoms with Gasteiger partial charge in [0.1, 0.15) is 0 Å². The molecule has 2 rings (SSSR count). The van der Waals surface area contributed by atoms with Crippen LogP contribution in [0.3, 0.4) is 0 Å². The van der Waals surface area contributed by atoms with Crippen LogP contribution in [0.15, 0.2) is 0 Å². The summed E-state index contributed by atoms with van der Waals surface area (Å²) < 4.78 is 0. The van der Waals surface area contributed by atoms with Crippen molar-refractivity contribution in [1.29, 1.82) is 0 Å². The minimum absolute atomic E-state index is 0.332. The molecule has 0 saturated carbocycles. The van der Waals surface area contributed by atoms with E-state index in [0.717, 1.165) is 17.0 Å². The molecule has 0 spiro atoms. The fraction of sp³-hybridized carbons (Fsp3) is 1.00. The van der Waals surface area contributed by atoms with Gasteiger partial charge in [0.25, 0.3) is 0 Å². The predicted octanol–water partition coefficient (Wildman–Crippen LogP) is 6.05. The van der Waals surface area contributed by atoms with Crippen LogP contribution in [0.1, 0.15) is 59.3 Å². The van der Waals surface area contributed by atoms with Gasteiger partial charge >= 0.3 is 0 Å². The van der Waals surface area contributed by atoms with Crippen LogP contribution in [-0.4, -0.2) is 23.1 Å². The minimum atomic E-state index is 0.332. The smallest absolute Gasteiger partial charge is 0.0114 e. The molecule has 0 aromatic rings. The molecule has 0 aliphatic carbocycles. The quantitative estimate of drug-likeness (QED) is 0.563. The molecule has 0 nitrogen and oxygen atoms in total. The van der Waals surface area contributed by atoms with Gasteiger partial charge in [-0.2, -0.15) is 0 Å². The summed E-state index contributed by atoms with van der Waals surface area (Å²) in [5.41, 5.74) is 3.29. The third-order valence-electron chi connectivity index (χ3n) is 4.18. The van der Waals surface area contributed by atoms with Gasteiger partial charge in [-0.3, -0.25) is 0 Å². The predicted molar refractivity (Wildman–Crippen MR) is 82.4 cm³/mol. The van der Waals surface area contributed by atoms with Gasteiger partial charge in [0, 0.05) is 0 Å². The molecule has 0 radical (unpaired) electrons. The molecule has 2 fully saturated rings. The van der Waals surface area contributed by atoms with E-state index in [-0.39, 0.29) is 0 Å². The molecule has 0 bridgehead atoms. The van der Waals surface area contributed by atoms with E-state index in [4.69, 9.17) is 0 Å².